The number of halogens is 1. The van der Waals surface area contributed by atoms with Crippen molar-refractivity contribution in [1.82, 2.24) is 0 Å². The van der Waals surface area contributed by atoms with E-state index in [1.54, 1.807) is 0 Å². The third kappa shape index (κ3) is 12.5. The minimum atomic E-state index is -4.14. The van der Waals surface area contributed by atoms with Gasteiger partial charge in [-0.15, -0.1) is 0 Å². The number of rotatable bonds is 8. The van der Waals surface area contributed by atoms with Gasteiger partial charge >= 0.3 is 0 Å². The monoisotopic (exact) mass is 227 g/mol. The zero-order chi connectivity index (χ0) is 10.2. The number of hydrogen-bond acceptors (Lipinski definition) is 3. The van der Waals surface area contributed by atoms with Crippen molar-refractivity contribution >= 4 is 18.6 Å². The average molecular weight is 227 g/mol. The molecule has 0 rings (SSSR count). The van der Waals surface area contributed by atoms with Crippen molar-refractivity contribution in [2.75, 3.05) is 6.61 Å². The average Bonchev–Trinajstić information content (AvgIpc) is 2.01. The molecule has 0 heterocycles. The van der Waals surface area contributed by atoms with Crippen LogP contribution in [-0.4, -0.2) is 6.61 Å². The molecule has 0 aliphatic rings. The molecule has 1 atom stereocenters. The van der Waals surface area contributed by atoms with E-state index in [2.05, 4.69) is 23.3 Å². The van der Waals surface area contributed by atoms with Crippen LogP contribution >= 0.6 is 6.80 Å². The maximum atomic E-state index is 12.2. The molecule has 0 aromatic rings. The normalized spacial score (nSPS) is 15.6. The van der Waals surface area contributed by atoms with Gasteiger partial charge in [0.2, 0.25) is 0 Å². The van der Waals surface area contributed by atoms with E-state index in [4.69, 9.17) is 0 Å². The molecule has 1 unspecified atom stereocenters. The van der Waals surface area contributed by atoms with Crippen LogP contribution in [0, 0.1) is 0 Å². The molecule has 5 heteroatoms. The summed E-state index contributed by atoms with van der Waals surface area (Å²) in [5, 5.41) is 0. The topological polar surface area (TPSA) is 32.3 Å². The van der Waals surface area contributed by atoms with E-state index in [1.807, 2.05) is 0 Å². The standard InChI is InChI=1S/C8H18FO2PS/c1-2-3-4-5-6-7-8-11-12(9,10)13/h2-8H2,1H3,(H,10,13)/p-1. The van der Waals surface area contributed by atoms with Gasteiger partial charge in [0.25, 0.3) is 0 Å². The van der Waals surface area contributed by atoms with Gasteiger partial charge in [-0.05, 0) is 18.2 Å². The summed E-state index contributed by atoms with van der Waals surface area (Å²) in [6.45, 7) is -1.81. The van der Waals surface area contributed by atoms with Gasteiger partial charge in [-0.3, -0.25) is 0 Å². The number of unbranched alkanes of at least 4 members (excludes halogenated alkanes) is 5. The van der Waals surface area contributed by atoms with Gasteiger partial charge in [-0.25, -0.2) is 4.20 Å². The Morgan fingerprint density at radius 1 is 1.23 bits per heavy atom. The lowest BCUT2D eigenvalue weighted by Crippen LogP contribution is -2.00. The van der Waals surface area contributed by atoms with Gasteiger partial charge in [-0.2, -0.15) is 0 Å². The Kier molecular flexibility index (Phi) is 8.17. The summed E-state index contributed by atoms with van der Waals surface area (Å²) in [6, 6.07) is 0. The first-order chi connectivity index (χ1) is 6.06. The van der Waals surface area contributed by atoms with E-state index in [9.17, 15) is 9.09 Å². The molecule has 0 aromatic carbocycles. The summed E-state index contributed by atoms with van der Waals surface area (Å²) < 4.78 is 16.5. The Morgan fingerprint density at radius 2 is 1.77 bits per heavy atom. The van der Waals surface area contributed by atoms with Gasteiger partial charge in [0.1, 0.15) is 0 Å². The fourth-order valence-corrected chi connectivity index (χ4v) is 1.63. The molecule has 80 valence electrons. The Labute approximate surface area is 84.8 Å². The van der Waals surface area contributed by atoms with Crippen molar-refractivity contribution in [2.24, 2.45) is 0 Å². The maximum Gasteiger partial charge on any atom is 0.164 e. The van der Waals surface area contributed by atoms with Gasteiger partial charge < -0.3 is 9.42 Å². The molecule has 0 aliphatic heterocycles. The smallest absolute Gasteiger partial charge is 0.164 e. The predicted molar refractivity (Wildman–Crippen MR) is 54.7 cm³/mol. The highest BCUT2D eigenvalue weighted by molar-refractivity contribution is 8.06. The second-order valence-electron chi connectivity index (χ2n) is 3.03. The van der Waals surface area contributed by atoms with Crippen LogP contribution in [0.1, 0.15) is 45.4 Å². The largest absolute Gasteiger partial charge is 0.776 e. The van der Waals surface area contributed by atoms with Crippen LogP contribution in [0.2, 0.25) is 0 Å². The van der Waals surface area contributed by atoms with Crippen LogP contribution < -0.4 is 4.89 Å². The fourth-order valence-electron chi connectivity index (χ4n) is 1.06. The fraction of sp³-hybridized carbons (Fsp3) is 1.00. The molecule has 0 spiro atoms. The SMILES string of the molecule is CCCCCCCCOP([O-])(F)=S. The van der Waals surface area contributed by atoms with Crippen LogP contribution in [0.4, 0.5) is 4.20 Å². The van der Waals surface area contributed by atoms with E-state index in [0.717, 1.165) is 19.3 Å². The highest BCUT2D eigenvalue weighted by Gasteiger charge is 1.98. The lowest BCUT2D eigenvalue weighted by atomic mass is 10.1. The first-order valence-electron chi connectivity index (χ1n) is 4.71. The Bertz CT molecular complexity index is 160. The highest BCUT2D eigenvalue weighted by Crippen LogP contribution is 2.38. The summed E-state index contributed by atoms with van der Waals surface area (Å²) in [5.41, 5.74) is 0. The Balaban J connectivity index is 3.04. The van der Waals surface area contributed by atoms with Gasteiger partial charge in [0.05, 0.1) is 6.61 Å². The van der Waals surface area contributed by atoms with Crippen molar-refractivity contribution in [2.45, 2.75) is 45.4 Å². The lowest BCUT2D eigenvalue weighted by molar-refractivity contribution is -0.194. The second kappa shape index (κ2) is 7.86. The van der Waals surface area contributed by atoms with E-state index in [-0.39, 0.29) is 6.61 Å². The molecule has 0 aliphatic carbocycles. The summed E-state index contributed by atoms with van der Waals surface area (Å²) in [5.74, 6) is 0. The Morgan fingerprint density at radius 3 is 2.31 bits per heavy atom. The molecular formula is C8H17FO2PS-. The molecule has 0 amide bonds. The van der Waals surface area contributed by atoms with Gasteiger partial charge in [0, 0.05) is 0 Å². The number of hydrogen-bond donors (Lipinski definition) is 0. The zero-order valence-electron chi connectivity index (χ0n) is 8.00. The molecule has 0 N–H and O–H groups in total. The second-order valence-corrected chi connectivity index (χ2v) is 5.46. The third-order valence-electron chi connectivity index (χ3n) is 1.74. The lowest BCUT2D eigenvalue weighted by Gasteiger charge is -2.16. The van der Waals surface area contributed by atoms with Crippen molar-refractivity contribution < 1.29 is 13.6 Å². The van der Waals surface area contributed by atoms with Crippen molar-refractivity contribution in [3.63, 3.8) is 0 Å². The van der Waals surface area contributed by atoms with Crippen molar-refractivity contribution in [3.8, 4) is 0 Å². The minimum Gasteiger partial charge on any atom is -0.776 e. The van der Waals surface area contributed by atoms with E-state index < -0.39 is 6.80 Å². The van der Waals surface area contributed by atoms with Crippen molar-refractivity contribution in [1.29, 1.82) is 0 Å². The summed E-state index contributed by atoms with van der Waals surface area (Å²) >= 11 is 3.97. The van der Waals surface area contributed by atoms with Gasteiger partial charge in [0.15, 0.2) is 6.80 Å². The van der Waals surface area contributed by atoms with E-state index in [1.165, 1.54) is 19.3 Å². The molecule has 0 fully saturated rings. The molecule has 0 aromatic heterocycles. The minimum absolute atomic E-state index is 0.184. The molecule has 0 saturated carbocycles. The maximum absolute atomic E-state index is 12.2. The van der Waals surface area contributed by atoms with E-state index in [0.29, 0.717) is 0 Å². The summed E-state index contributed by atoms with van der Waals surface area (Å²) in [4.78, 5) is 10.3. The van der Waals surface area contributed by atoms with Crippen LogP contribution in [0.15, 0.2) is 0 Å². The molecule has 13 heavy (non-hydrogen) atoms. The first-order valence-corrected chi connectivity index (χ1v) is 7.24. The van der Waals surface area contributed by atoms with Crippen LogP contribution in [0.3, 0.4) is 0 Å². The molecule has 0 radical (unpaired) electrons. The third-order valence-corrected chi connectivity index (χ3v) is 2.55. The van der Waals surface area contributed by atoms with Crippen molar-refractivity contribution in [3.05, 3.63) is 0 Å². The predicted octanol–water partition coefficient (Wildman–Crippen LogP) is 2.92. The Hall–Kier alpha value is 0.500. The van der Waals surface area contributed by atoms with Crippen LogP contribution in [0.5, 0.6) is 0 Å². The first kappa shape index (κ1) is 13.5. The van der Waals surface area contributed by atoms with Gasteiger partial charge in [-0.1, -0.05) is 39.0 Å². The van der Waals surface area contributed by atoms with E-state index >= 15 is 0 Å². The molecular weight excluding hydrogens is 210 g/mol. The quantitative estimate of drug-likeness (QED) is 0.472. The molecule has 0 bridgehead atoms. The summed E-state index contributed by atoms with van der Waals surface area (Å²) in [6.07, 6.45) is 6.53. The van der Waals surface area contributed by atoms with Crippen LogP contribution in [-0.2, 0) is 16.3 Å². The summed E-state index contributed by atoms with van der Waals surface area (Å²) in [7, 11) is 0. The molecule has 0 saturated heterocycles. The van der Waals surface area contributed by atoms with Crippen LogP contribution in [0.25, 0.3) is 0 Å². The highest BCUT2D eigenvalue weighted by atomic mass is 32.5. The molecule has 2 nitrogen and oxygen atoms in total. The zero-order valence-corrected chi connectivity index (χ0v) is 9.71.